The van der Waals surface area contributed by atoms with Gasteiger partial charge in [0.2, 0.25) is 5.91 Å². The molecule has 7 heteroatoms. The molecular weight excluding hydrogens is 499 g/mol. The van der Waals surface area contributed by atoms with Crippen molar-refractivity contribution in [1.29, 1.82) is 0 Å². The lowest BCUT2D eigenvalue weighted by Gasteiger charge is -2.19. The molecule has 1 amide bonds. The van der Waals surface area contributed by atoms with Gasteiger partial charge >= 0.3 is 6.18 Å². The van der Waals surface area contributed by atoms with Crippen LogP contribution in [0.4, 0.5) is 13.2 Å². The van der Waals surface area contributed by atoms with Gasteiger partial charge in [-0.1, -0.05) is 66.2 Å². The summed E-state index contributed by atoms with van der Waals surface area (Å²) in [6, 6.07) is 25.0. The van der Waals surface area contributed by atoms with E-state index in [1.807, 2.05) is 49.5 Å². The minimum absolute atomic E-state index is 0.00489. The van der Waals surface area contributed by atoms with Crippen LogP contribution in [0.15, 0.2) is 104 Å². The number of aromatic nitrogens is 2. The molecule has 5 aromatic rings. The Morgan fingerprint density at radius 3 is 2.41 bits per heavy atom. The number of alkyl halides is 3. The van der Waals surface area contributed by atoms with Crippen LogP contribution in [0.25, 0.3) is 10.9 Å². The molecule has 198 valence electrons. The van der Waals surface area contributed by atoms with Gasteiger partial charge < -0.3 is 9.88 Å². The highest BCUT2D eigenvalue weighted by Gasteiger charge is 2.32. The highest BCUT2D eigenvalue weighted by atomic mass is 19.4. The number of benzene rings is 3. The Morgan fingerprint density at radius 1 is 0.923 bits per heavy atom. The number of amides is 1. The maximum Gasteiger partial charge on any atom is 0.416 e. The Kier molecular flexibility index (Phi) is 7.50. The number of hydrogen-bond acceptors (Lipinski definition) is 2. The van der Waals surface area contributed by atoms with E-state index in [0.717, 1.165) is 39.7 Å². The molecular formula is C32H28F3N3O. The Hall–Kier alpha value is -4.39. The van der Waals surface area contributed by atoms with Crippen LogP contribution in [0.3, 0.4) is 0 Å². The normalized spacial score (nSPS) is 12.4. The van der Waals surface area contributed by atoms with Crippen molar-refractivity contribution in [1.82, 2.24) is 14.9 Å². The van der Waals surface area contributed by atoms with Crippen molar-refractivity contribution in [2.24, 2.45) is 0 Å². The fourth-order valence-electron chi connectivity index (χ4n) is 4.87. The van der Waals surface area contributed by atoms with Gasteiger partial charge in [-0.25, -0.2) is 0 Å². The highest BCUT2D eigenvalue weighted by molar-refractivity contribution is 5.87. The van der Waals surface area contributed by atoms with E-state index < -0.39 is 17.7 Å². The molecule has 2 aromatic heterocycles. The molecule has 0 saturated heterocycles. The molecule has 5 rings (SSSR count). The quantitative estimate of drug-likeness (QED) is 0.231. The predicted octanol–water partition coefficient (Wildman–Crippen LogP) is 7.25. The molecule has 39 heavy (non-hydrogen) atoms. The zero-order chi connectivity index (χ0) is 27.4. The first-order valence-electron chi connectivity index (χ1n) is 12.7. The smallest absolute Gasteiger partial charge is 0.352 e. The SMILES string of the molecule is Cc1ccc(Cn2cc([C@@H](CC(=O)NCc3ccncc3)c3cccc(C(F)(F)F)c3)c3ccccc32)cc1. The van der Waals surface area contributed by atoms with Crippen molar-refractivity contribution in [3.05, 3.63) is 137 Å². The maximum absolute atomic E-state index is 13.6. The van der Waals surface area contributed by atoms with Crippen LogP contribution in [-0.2, 0) is 24.1 Å². The van der Waals surface area contributed by atoms with Crippen molar-refractivity contribution in [3.63, 3.8) is 0 Å². The summed E-state index contributed by atoms with van der Waals surface area (Å²) in [7, 11) is 0. The fraction of sp³-hybridized carbons (Fsp3) is 0.188. The van der Waals surface area contributed by atoms with Gasteiger partial charge in [0.25, 0.3) is 0 Å². The molecule has 0 bridgehead atoms. The zero-order valence-electron chi connectivity index (χ0n) is 21.5. The van der Waals surface area contributed by atoms with Crippen LogP contribution in [0, 0.1) is 6.92 Å². The lowest BCUT2D eigenvalue weighted by Crippen LogP contribution is -2.25. The molecule has 0 unspecified atom stereocenters. The van der Waals surface area contributed by atoms with Crippen LogP contribution < -0.4 is 5.32 Å². The van der Waals surface area contributed by atoms with E-state index in [4.69, 9.17) is 0 Å². The van der Waals surface area contributed by atoms with E-state index in [9.17, 15) is 18.0 Å². The average molecular weight is 528 g/mol. The summed E-state index contributed by atoms with van der Waals surface area (Å²) >= 11 is 0. The Morgan fingerprint density at radius 2 is 1.67 bits per heavy atom. The number of aryl methyl sites for hydroxylation is 1. The number of rotatable bonds is 8. The zero-order valence-corrected chi connectivity index (χ0v) is 21.5. The number of pyridine rings is 1. The second-order valence-corrected chi connectivity index (χ2v) is 9.73. The van der Waals surface area contributed by atoms with Crippen molar-refractivity contribution in [2.75, 3.05) is 0 Å². The highest BCUT2D eigenvalue weighted by Crippen LogP contribution is 2.38. The molecule has 0 aliphatic carbocycles. The van der Waals surface area contributed by atoms with E-state index in [1.54, 1.807) is 18.5 Å². The topological polar surface area (TPSA) is 46.9 Å². The Balaban J connectivity index is 1.53. The summed E-state index contributed by atoms with van der Waals surface area (Å²) in [6.45, 7) is 2.95. The van der Waals surface area contributed by atoms with E-state index >= 15 is 0 Å². The van der Waals surface area contributed by atoms with Gasteiger partial charge in [-0.3, -0.25) is 9.78 Å². The number of hydrogen-bond donors (Lipinski definition) is 1. The van der Waals surface area contributed by atoms with Gasteiger partial charge in [-0.15, -0.1) is 0 Å². The summed E-state index contributed by atoms with van der Waals surface area (Å²) < 4.78 is 43.0. The number of para-hydroxylation sites is 1. The third-order valence-electron chi connectivity index (χ3n) is 6.91. The summed E-state index contributed by atoms with van der Waals surface area (Å²) in [5.41, 5.74) is 4.66. The number of halogens is 3. The molecule has 0 spiro atoms. The van der Waals surface area contributed by atoms with Gasteiger partial charge in [-0.05, 0) is 53.4 Å². The molecule has 0 saturated carbocycles. The van der Waals surface area contributed by atoms with Gasteiger partial charge in [0.15, 0.2) is 0 Å². The lowest BCUT2D eigenvalue weighted by atomic mass is 9.87. The molecule has 3 aromatic carbocycles. The first kappa shape index (κ1) is 26.2. The lowest BCUT2D eigenvalue weighted by molar-refractivity contribution is -0.137. The summed E-state index contributed by atoms with van der Waals surface area (Å²) in [6.07, 6.45) is 0.797. The van der Waals surface area contributed by atoms with E-state index in [0.29, 0.717) is 18.7 Å². The van der Waals surface area contributed by atoms with E-state index in [1.165, 1.54) is 11.6 Å². The molecule has 0 aliphatic heterocycles. The van der Waals surface area contributed by atoms with Gasteiger partial charge in [0, 0.05) is 54.9 Å². The Labute approximate surface area is 225 Å². The first-order valence-corrected chi connectivity index (χ1v) is 12.7. The van der Waals surface area contributed by atoms with Crippen LogP contribution in [0.2, 0.25) is 0 Å². The van der Waals surface area contributed by atoms with Crippen molar-refractivity contribution in [2.45, 2.75) is 38.5 Å². The van der Waals surface area contributed by atoms with E-state index in [-0.39, 0.29) is 12.3 Å². The molecule has 2 heterocycles. The third kappa shape index (κ3) is 6.20. The number of carbonyl (C=O) groups is 1. The second kappa shape index (κ2) is 11.2. The third-order valence-corrected chi connectivity index (χ3v) is 6.91. The monoisotopic (exact) mass is 527 g/mol. The summed E-state index contributed by atoms with van der Waals surface area (Å²) in [5, 5.41) is 3.83. The van der Waals surface area contributed by atoms with Crippen LogP contribution in [0.1, 0.15) is 45.7 Å². The number of fused-ring (bicyclic) bond motifs is 1. The van der Waals surface area contributed by atoms with E-state index in [2.05, 4.69) is 39.1 Å². The summed E-state index contributed by atoms with van der Waals surface area (Å²) in [4.78, 5) is 17.2. The Bertz CT molecular complexity index is 1570. The minimum Gasteiger partial charge on any atom is -0.352 e. The van der Waals surface area contributed by atoms with Crippen LogP contribution in [0.5, 0.6) is 0 Å². The molecule has 4 nitrogen and oxygen atoms in total. The standard InChI is InChI=1S/C32H28F3N3O/c1-22-9-11-24(12-10-22)20-38-21-29(27-7-2-3-8-30(27)38)28(25-5-4-6-26(17-25)32(33,34)35)18-31(39)37-19-23-13-15-36-16-14-23/h2-17,21,28H,18-20H2,1H3,(H,37,39)/t28-/m0/s1. The van der Waals surface area contributed by atoms with Gasteiger partial charge in [-0.2, -0.15) is 13.2 Å². The average Bonchev–Trinajstić information content (AvgIpc) is 3.30. The number of nitrogens with zero attached hydrogens (tertiary/aromatic N) is 2. The largest absolute Gasteiger partial charge is 0.416 e. The van der Waals surface area contributed by atoms with Crippen LogP contribution in [-0.4, -0.2) is 15.5 Å². The second-order valence-electron chi connectivity index (χ2n) is 9.73. The predicted molar refractivity (Wildman–Crippen MR) is 146 cm³/mol. The fourth-order valence-corrected chi connectivity index (χ4v) is 4.87. The maximum atomic E-state index is 13.6. The van der Waals surface area contributed by atoms with Crippen molar-refractivity contribution < 1.29 is 18.0 Å². The van der Waals surface area contributed by atoms with Crippen LogP contribution >= 0.6 is 0 Å². The molecule has 1 atom stereocenters. The van der Waals surface area contributed by atoms with Gasteiger partial charge in [0.1, 0.15) is 0 Å². The number of carbonyl (C=O) groups excluding carboxylic acids is 1. The first-order chi connectivity index (χ1) is 18.8. The summed E-state index contributed by atoms with van der Waals surface area (Å²) in [5.74, 6) is -0.821. The molecule has 0 radical (unpaired) electrons. The minimum atomic E-state index is -4.48. The van der Waals surface area contributed by atoms with Crippen molar-refractivity contribution in [3.8, 4) is 0 Å². The molecule has 0 fully saturated rings. The van der Waals surface area contributed by atoms with Crippen molar-refractivity contribution >= 4 is 16.8 Å². The van der Waals surface area contributed by atoms with Gasteiger partial charge in [0.05, 0.1) is 5.56 Å². The molecule has 0 aliphatic rings. The molecule has 1 N–H and O–H groups in total. The number of nitrogens with one attached hydrogen (secondary N) is 1.